The highest BCUT2D eigenvalue weighted by Crippen LogP contribution is 2.34. The highest BCUT2D eigenvalue weighted by atomic mass is 33.2. The topological polar surface area (TPSA) is 59.1 Å². The first kappa shape index (κ1) is 13.0. The number of thiazole rings is 1. The van der Waals surface area contributed by atoms with E-state index in [4.69, 9.17) is 0 Å². The molecule has 19 heavy (non-hydrogen) atoms. The van der Waals surface area contributed by atoms with E-state index in [0.717, 1.165) is 35.9 Å². The summed E-state index contributed by atoms with van der Waals surface area (Å²) in [5.41, 5.74) is 2.34. The van der Waals surface area contributed by atoms with Crippen LogP contribution in [-0.2, 0) is 9.06 Å². The van der Waals surface area contributed by atoms with Crippen LogP contribution in [0, 0.1) is 0 Å². The van der Waals surface area contributed by atoms with Crippen LogP contribution in [0.15, 0.2) is 29.8 Å². The van der Waals surface area contributed by atoms with Gasteiger partial charge in [0.25, 0.3) is 0 Å². The first-order chi connectivity index (χ1) is 9.17. The molecule has 1 aromatic carbocycles. The van der Waals surface area contributed by atoms with Crippen molar-refractivity contribution >= 4 is 28.8 Å². The molecule has 0 bridgehead atoms. The second-order valence-electron chi connectivity index (χ2n) is 4.91. The molecule has 1 fully saturated rings. The summed E-state index contributed by atoms with van der Waals surface area (Å²) >= 11 is 0. The van der Waals surface area contributed by atoms with Gasteiger partial charge in [0.15, 0.2) is 0 Å². The lowest BCUT2D eigenvalue weighted by atomic mass is 9.96. The van der Waals surface area contributed by atoms with Crippen molar-refractivity contribution in [2.45, 2.75) is 38.1 Å². The fraction of sp³-hybridized carbons (Fsp3) is 0.462. The molecule has 0 amide bonds. The molecule has 1 N–H and O–H groups in total. The zero-order valence-corrected chi connectivity index (χ0v) is 12.2. The van der Waals surface area contributed by atoms with Gasteiger partial charge in [0.05, 0.1) is 0 Å². The molecule has 0 saturated heterocycles. The van der Waals surface area contributed by atoms with Crippen molar-refractivity contribution in [1.29, 1.82) is 0 Å². The minimum absolute atomic E-state index is 0.104. The van der Waals surface area contributed by atoms with Crippen molar-refractivity contribution in [3.05, 3.63) is 29.8 Å². The molecule has 1 aromatic heterocycles. The first-order valence-corrected chi connectivity index (χ1v) is 9.85. The molecule has 1 atom stereocenters. The van der Waals surface area contributed by atoms with Gasteiger partial charge < -0.3 is 0 Å². The van der Waals surface area contributed by atoms with E-state index in [9.17, 15) is 8.42 Å². The molecule has 1 saturated carbocycles. The monoisotopic (exact) mass is 297 g/mol. The third-order valence-electron chi connectivity index (χ3n) is 3.52. The van der Waals surface area contributed by atoms with Gasteiger partial charge in [-0.1, -0.05) is 31.4 Å². The quantitative estimate of drug-likeness (QED) is 0.700. The summed E-state index contributed by atoms with van der Waals surface area (Å²) in [5.74, 6) is 0. The molecule has 1 unspecified atom stereocenters. The summed E-state index contributed by atoms with van der Waals surface area (Å²) in [6.45, 7) is 0. The lowest BCUT2D eigenvalue weighted by molar-refractivity contribution is 0.414. The number of rotatable bonds is 3. The summed E-state index contributed by atoms with van der Waals surface area (Å²) in [6.07, 6.45) is 5.36. The number of para-hydroxylation sites is 1. The van der Waals surface area contributed by atoms with E-state index in [2.05, 4.69) is 9.71 Å². The van der Waals surface area contributed by atoms with E-state index in [-0.39, 0.29) is 6.04 Å². The van der Waals surface area contributed by atoms with Gasteiger partial charge in [-0.15, -0.1) is 0 Å². The average molecular weight is 297 g/mol. The molecule has 1 aliphatic carbocycles. The normalized spacial score (nSPS) is 18.8. The van der Waals surface area contributed by atoms with Crippen LogP contribution in [0.5, 0.6) is 0 Å². The predicted molar refractivity (Wildman–Crippen MR) is 78.5 cm³/mol. The van der Waals surface area contributed by atoms with E-state index in [1.807, 2.05) is 24.3 Å². The minimum Gasteiger partial charge on any atom is -0.198 e. The molecule has 2 aromatic rings. The Labute approximate surface area is 115 Å². The summed E-state index contributed by atoms with van der Waals surface area (Å²) < 4.78 is 28.6. The molecule has 0 radical (unpaired) electrons. The highest BCUT2D eigenvalue weighted by molar-refractivity contribution is 8.39. The standard InChI is InChI=1S/C13H17N2O2S2/c16-19(17,15-11-6-2-1-3-7-11)18-10-14-12-8-4-5-9-13(12)18/h4-5,8-11,15H,1-3,6-7H2/q+1. The third kappa shape index (κ3) is 2.66. The van der Waals surface area contributed by atoms with Crippen LogP contribution in [0.2, 0.25) is 0 Å². The number of nitrogens with one attached hydrogen (secondary N) is 1. The van der Waals surface area contributed by atoms with Gasteiger partial charge in [0, 0.05) is 12.1 Å². The van der Waals surface area contributed by atoms with Gasteiger partial charge in [-0.2, -0.15) is 18.1 Å². The molecule has 0 spiro atoms. The molecule has 0 aliphatic heterocycles. The molecule has 102 valence electrons. The van der Waals surface area contributed by atoms with Gasteiger partial charge in [0.2, 0.25) is 10.2 Å². The van der Waals surface area contributed by atoms with Crippen LogP contribution in [-0.4, -0.2) is 19.4 Å². The largest absolute Gasteiger partial charge is 0.411 e. The van der Waals surface area contributed by atoms with E-state index in [1.54, 1.807) is 5.51 Å². The van der Waals surface area contributed by atoms with E-state index < -0.39 is 18.6 Å². The Morgan fingerprint density at radius 2 is 1.89 bits per heavy atom. The minimum atomic E-state index is -3.34. The molecule has 6 heteroatoms. The van der Waals surface area contributed by atoms with Crippen molar-refractivity contribution in [3.8, 4) is 0 Å². The Morgan fingerprint density at radius 1 is 1.16 bits per heavy atom. The van der Waals surface area contributed by atoms with Crippen LogP contribution in [0.1, 0.15) is 32.1 Å². The van der Waals surface area contributed by atoms with E-state index >= 15 is 0 Å². The average Bonchev–Trinajstić information content (AvgIpc) is 2.84. The lowest BCUT2D eigenvalue weighted by Crippen LogP contribution is -2.34. The number of nitrogens with zero attached hydrogens (tertiary/aromatic N) is 1. The van der Waals surface area contributed by atoms with Crippen molar-refractivity contribution in [2.75, 3.05) is 0 Å². The summed E-state index contributed by atoms with van der Waals surface area (Å²) in [7, 11) is -4.29. The second kappa shape index (κ2) is 5.19. The Bertz CT molecular complexity index is 673. The van der Waals surface area contributed by atoms with Crippen LogP contribution in [0.4, 0.5) is 0 Å². The first-order valence-electron chi connectivity index (χ1n) is 6.56. The zero-order valence-electron chi connectivity index (χ0n) is 10.6. The van der Waals surface area contributed by atoms with Crippen molar-refractivity contribution in [2.24, 2.45) is 0 Å². The van der Waals surface area contributed by atoms with E-state index in [0.29, 0.717) is 0 Å². The number of aromatic nitrogens is 1. The molecule has 1 aliphatic rings. The summed E-state index contributed by atoms with van der Waals surface area (Å²) in [6, 6.07) is 7.56. The van der Waals surface area contributed by atoms with Gasteiger partial charge in [-0.25, -0.2) is 0 Å². The van der Waals surface area contributed by atoms with E-state index in [1.165, 1.54) is 6.42 Å². The van der Waals surface area contributed by atoms with Crippen molar-refractivity contribution < 1.29 is 8.42 Å². The third-order valence-corrected chi connectivity index (χ3v) is 8.20. The van der Waals surface area contributed by atoms with Gasteiger partial charge >= 0.3 is 9.06 Å². The lowest BCUT2D eigenvalue weighted by Gasteiger charge is -2.20. The van der Waals surface area contributed by atoms with Crippen LogP contribution >= 0.6 is 9.50 Å². The smallest absolute Gasteiger partial charge is 0.198 e. The second-order valence-corrected chi connectivity index (χ2v) is 9.69. The van der Waals surface area contributed by atoms with Gasteiger partial charge in [-0.3, -0.25) is 0 Å². The molecular formula is C13H17N2O2S2+. The van der Waals surface area contributed by atoms with Crippen molar-refractivity contribution in [3.63, 3.8) is 0 Å². The summed E-state index contributed by atoms with van der Waals surface area (Å²) in [4.78, 5) is 4.21. The zero-order chi connectivity index (χ0) is 13.3. The molecule has 4 nitrogen and oxygen atoms in total. The van der Waals surface area contributed by atoms with Crippen LogP contribution in [0.3, 0.4) is 0 Å². The molecular weight excluding hydrogens is 280 g/mol. The highest BCUT2D eigenvalue weighted by Gasteiger charge is 2.32. The number of fused-ring (bicyclic) bond motifs is 1. The Morgan fingerprint density at radius 3 is 2.68 bits per heavy atom. The predicted octanol–water partition coefficient (Wildman–Crippen LogP) is 3.00. The van der Waals surface area contributed by atoms with Crippen LogP contribution in [0.25, 0.3) is 10.2 Å². The Balaban J connectivity index is 1.91. The number of benzene rings is 1. The molecule has 1 heterocycles. The Kier molecular flexibility index (Phi) is 3.56. The maximum atomic E-state index is 12.5. The van der Waals surface area contributed by atoms with Crippen LogP contribution < -0.4 is 4.72 Å². The fourth-order valence-electron chi connectivity index (χ4n) is 2.55. The Hall–Kier alpha value is -0.980. The summed E-state index contributed by atoms with van der Waals surface area (Å²) in [5, 5.41) is 0. The number of hydrogen-bond acceptors (Lipinski definition) is 3. The molecule has 3 rings (SSSR count). The van der Waals surface area contributed by atoms with Crippen molar-refractivity contribution in [1.82, 2.24) is 9.71 Å². The fourth-order valence-corrected chi connectivity index (χ4v) is 6.83. The SMILES string of the molecule is O=S(=O)(NC1CCCCC1)[s+]1cnc2ccccc21. The van der Waals surface area contributed by atoms with Gasteiger partial charge in [0.1, 0.15) is 15.0 Å². The van der Waals surface area contributed by atoms with Gasteiger partial charge in [-0.05, 0) is 18.9 Å². The maximum absolute atomic E-state index is 12.5. The maximum Gasteiger partial charge on any atom is 0.411 e. The number of hydrogen-bond donors (Lipinski definition) is 1.